The Morgan fingerprint density at radius 1 is 0.967 bits per heavy atom. The Bertz CT molecular complexity index is 943. The molecule has 5 heteroatoms. The highest BCUT2D eigenvalue weighted by Crippen LogP contribution is 2.37. The minimum atomic E-state index is -2.60. The molecule has 0 unspecified atom stereocenters. The topological polar surface area (TPSA) is 51.6 Å². The van der Waals surface area contributed by atoms with Crippen LogP contribution in [0.5, 0.6) is 0 Å². The summed E-state index contributed by atoms with van der Waals surface area (Å²) in [6, 6.07) is 23.2. The standard InChI is InChI=1S/C25H29NO3Si/c1-24(2,3)30(22-10-6-4-7-11-22,23-12-8-5-9-13-23)29-17-20-14-21(16-26-15-20)25(27)18-28-19-25/h4-16,27H,17-19H2,1-3H3. The zero-order chi connectivity index (χ0) is 21.2. The van der Waals surface area contributed by atoms with Gasteiger partial charge in [0, 0.05) is 18.0 Å². The molecule has 2 aromatic carbocycles. The molecule has 1 N–H and O–H groups in total. The number of hydrogen-bond donors (Lipinski definition) is 1. The van der Waals surface area contributed by atoms with E-state index >= 15 is 0 Å². The van der Waals surface area contributed by atoms with Crippen LogP contribution in [0.4, 0.5) is 0 Å². The van der Waals surface area contributed by atoms with E-state index in [2.05, 4.69) is 74.3 Å². The normalized spacial score (nSPS) is 16.1. The zero-order valence-electron chi connectivity index (χ0n) is 17.8. The van der Waals surface area contributed by atoms with E-state index < -0.39 is 13.9 Å². The highest BCUT2D eigenvalue weighted by Gasteiger charge is 2.50. The molecule has 1 aromatic heterocycles. The van der Waals surface area contributed by atoms with Crippen LogP contribution in [0.2, 0.25) is 5.04 Å². The summed E-state index contributed by atoms with van der Waals surface area (Å²) >= 11 is 0. The minimum Gasteiger partial charge on any atom is -0.403 e. The van der Waals surface area contributed by atoms with E-state index in [0.717, 1.165) is 11.1 Å². The third kappa shape index (κ3) is 3.74. The number of ether oxygens (including phenoxy) is 1. The Balaban J connectivity index is 1.73. The van der Waals surface area contributed by atoms with Gasteiger partial charge in [0.2, 0.25) is 0 Å². The fraction of sp³-hybridized carbons (Fsp3) is 0.320. The Morgan fingerprint density at radius 2 is 1.53 bits per heavy atom. The molecule has 1 saturated heterocycles. The van der Waals surface area contributed by atoms with Gasteiger partial charge < -0.3 is 14.3 Å². The lowest BCUT2D eigenvalue weighted by atomic mass is 9.93. The van der Waals surface area contributed by atoms with Gasteiger partial charge in [-0.05, 0) is 27.0 Å². The van der Waals surface area contributed by atoms with Gasteiger partial charge >= 0.3 is 0 Å². The SMILES string of the molecule is CC(C)(C)[Si](OCc1cncc(C2(O)COC2)c1)(c1ccccc1)c1ccccc1. The second kappa shape index (κ2) is 8.08. The number of rotatable bonds is 6. The van der Waals surface area contributed by atoms with Gasteiger partial charge in [0.15, 0.2) is 0 Å². The first-order valence-corrected chi connectivity index (χ1v) is 12.3. The molecule has 1 aliphatic rings. The van der Waals surface area contributed by atoms with Gasteiger partial charge in [-0.3, -0.25) is 4.98 Å². The van der Waals surface area contributed by atoms with E-state index in [9.17, 15) is 5.11 Å². The molecule has 2 heterocycles. The number of aliphatic hydroxyl groups is 1. The van der Waals surface area contributed by atoms with Gasteiger partial charge in [-0.25, -0.2) is 0 Å². The molecule has 1 aliphatic heterocycles. The summed E-state index contributed by atoms with van der Waals surface area (Å²) in [5.41, 5.74) is 0.818. The number of benzene rings is 2. The number of aromatic nitrogens is 1. The van der Waals surface area contributed by atoms with Crippen molar-refractivity contribution < 1.29 is 14.3 Å². The molecule has 3 aromatic rings. The first kappa shape index (κ1) is 20.9. The van der Waals surface area contributed by atoms with Crippen molar-refractivity contribution in [1.82, 2.24) is 4.98 Å². The fourth-order valence-corrected chi connectivity index (χ4v) is 8.77. The number of pyridine rings is 1. The first-order valence-electron chi connectivity index (χ1n) is 10.3. The first-order chi connectivity index (χ1) is 14.4. The molecular weight excluding hydrogens is 390 g/mol. The molecule has 0 amide bonds. The molecule has 0 aliphatic carbocycles. The summed E-state index contributed by atoms with van der Waals surface area (Å²) in [5.74, 6) is 0. The lowest BCUT2D eigenvalue weighted by molar-refractivity contribution is -0.184. The van der Waals surface area contributed by atoms with Crippen LogP contribution in [0.15, 0.2) is 79.1 Å². The zero-order valence-corrected chi connectivity index (χ0v) is 18.8. The van der Waals surface area contributed by atoms with Gasteiger partial charge in [0.1, 0.15) is 5.60 Å². The van der Waals surface area contributed by atoms with Crippen LogP contribution in [0.3, 0.4) is 0 Å². The third-order valence-corrected chi connectivity index (χ3v) is 10.9. The van der Waals surface area contributed by atoms with E-state index in [1.54, 1.807) is 6.20 Å². The second-order valence-electron chi connectivity index (χ2n) is 9.06. The molecule has 0 atom stereocenters. The highest BCUT2D eigenvalue weighted by atomic mass is 28.4. The van der Waals surface area contributed by atoms with Crippen LogP contribution in [0, 0.1) is 0 Å². The van der Waals surface area contributed by atoms with E-state index in [1.165, 1.54) is 10.4 Å². The van der Waals surface area contributed by atoms with E-state index in [1.807, 2.05) is 24.4 Å². The van der Waals surface area contributed by atoms with Crippen molar-refractivity contribution in [2.75, 3.05) is 13.2 Å². The molecule has 30 heavy (non-hydrogen) atoms. The quantitative estimate of drug-likeness (QED) is 0.623. The van der Waals surface area contributed by atoms with Crippen LogP contribution in [0.1, 0.15) is 31.9 Å². The Kier molecular flexibility index (Phi) is 5.64. The lowest BCUT2D eigenvalue weighted by Gasteiger charge is -2.43. The fourth-order valence-electron chi connectivity index (χ4n) is 4.24. The van der Waals surface area contributed by atoms with Gasteiger partial charge in [0.05, 0.1) is 19.8 Å². The third-order valence-electron chi connectivity index (χ3n) is 5.89. The van der Waals surface area contributed by atoms with Crippen molar-refractivity contribution in [3.63, 3.8) is 0 Å². The molecular formula is C25H29NO3Si. The lowest BCUT2D eigenvalue weighted by Crippen LogP contribution is -2.66. The highest BCUT2D eigenvalue weighted by molar-refractivity contribution is 6.99. The van der Waals surface area contributed by atoms with Crippen LogP contribution >= 0.6 is 0 Å². The molecule has 0 radical (unpaired) electrons. The predicted molar refractivity (Wildman–Crippen MR) is 121 cm³/mol. The van der Waals surface area contributed by atoms with Crippen LogP contribution in [-0.4, -0.2) is 31.6 Å². The maximum Gasteiger partial charge on any atom is 0.261 e. The van der Waals surface area contributed by atoms with Gasteiger partial charge in [-0.1, -0.05) is 81.4 Å². The predicted octanol–water partition coefficient (Wildman–Crippen LogP) is 3.38. The van der Waals surface area contributed by atoms with Crippen molar-refractivity contribution in [3.05, 3.63) is 90.3 Å². The number of nitrogens with zero attached hydrogens (tertiary/aromatic N) is 1. The largest absolute Gasteiger partial charge is 0.403 e. The smallest absolute Gasteiger partial charge is 0.261 e. The molecule has 0 saturated carbocycles. The molecule has 4 rings (SSSR count). The molecule has 0 spiro atoms. The molecule has 4 nitrogen and oxygen atoms in total. The van der Waals surface area contributed by atoms with Crippen molar-refractivity contribution in [2.24, 2.45) is 0 Å². The van der Waals surface area contributed by atoms with Crippen molar-refractivity contribution in [2.45, 2.75) is 38.0 Å². The summed E-state index contributed by atoms with van der Waals surface area (Å²) in [4.78, 5) is 4.36. The monoisotopic (exact) mass is 419 g/mol. The van der Waals surface area contributed by atoms with E-state index in [-0.39, 0.29) is 5.04 Å². The average Bonchev–Trinajstić information content (AvgIpc) is 2.73. The van der Waals surface area contributed by atoms with E-state index in [0.29, 0.717) is 19.8 Å². The van der Waals surface area contributed by atoms with Crippen LogP contribution < -0.4 is 10.4 Å². The van der Waals surface area contributed by atoms with Gasteiger partial charge in [-0.2, -0.15) is 0 Å². The molecule has 0 bridgehead atoms. The van der Waals surface area contributed by atoms with Gasteiger partial charge in [0.25, 0.3) is 8.32 Å². The molecule has 1 fully saturated rings. The second-order valence-corrected chi connectivity index (χ2v) is 13.4. The Morgan fingerprint density at radius 3 is 2.00 bits per heavy atom. The summed E-state index contributed by atoms with van der Waals surface area (Å²) < 4.78 is 12.2. The van der Waals surface area contributed by atoms with Crippen molar-refractivity contribution >= 4 is 18.7 Å². The number of hydrogen-bond acceptors (Lipinski definition) is 4. The van der Waals surface area contributed by atoms with Crippen LogP contribution in [-0.2, 0) is 21.4 Å². The van der Waals surface area contributed by atoms with Gasteiger partial charge in [-0.15, -0.1) is 0 Å². The average molecular weight is 420 g/mol. The summed E-state index contributed by atoms with van der Waals surface area (Å²) in [5, 5.41) is 13.0. The Labute approximate surface area is 179 Å². The van der Waals surface area contributed by atoms with E-state index in [4.69, 9.17) is 9.16 Å². The Hall–Kier alpha value is -2.31. The summed E-state index contributed by atoms with van der Waals surface area (Å²) in [7, 11) is -2.60. The maximum atomic E-state index is 10.6. The van der Waals surface area contributed by atoms with Crippen molar-refractivity contribution in [1.29, 1.82) is 0 Å². The molecule has 156 valence electrons. The summed E-state index contributed by atoms with van der Waals surface area (Å²) in [6.07, 6.45) is 3.54. The summed E-state index contributed by atoms with van der Waals surface area (Å²) in [6.45, 7) is 7.86. The van der Waals surface area contributed by atoms with Crippen LogP contribution in [0.25, 0.3) is 0 Å². The maximum absolute atomic E-state index is 10.6. The van der Waals surface area contributed by atoms with Crippen molar-refractivity contribution in [3.8, 4) is 0 Å². The minimum absolute atomic E-state index is 0.0826.